The Morgan fingerprint density at radius 2 is 1.74 bits per heavy atom. The molecule has 2 rings (SSSR count). The number of nitrogens with zero attached hydrogens (tertiary/aromatic N) is 1. The molecule has 23 heavy (non-hydrogen) atoms. The van der Waals surface area contributed by atoms with Crippen LogP contribution in [0.3, 0.4) is 0 Å². The number of hydroxylamine groups is 1. The summed E-state index contributed by atoms with van der Waals surface area (Å²) in [4.78, 5) is 13.6. The quantitative estimate of drug-likeness (QED) is 0.540. The highest BCUT2D eigenvalue weighted by Crippen LogP contribution is 2.20. The van der Waals surface area contributed by atoms with Gasteiger partial charge in [0.15, 0.2) is 0 Å². The summed E-state index contributed by atoms with van der Waals surface area (Å²) in [6.45, 7) is 0.989. The van der Waals surface area contributed by atoms with Gasteiger partial charge in [0.05, 0.1) is 6.04 Å². The van der Waals surface area contributed by atoms with E-state index in [2.05, 4.69) is 36.4 Å². The largest absolute Gasteiger partial charge is 0.330 e. The Morgan fingerprint density at radius 1 is 1.13 bits per heavy atom. The van der Waals surface area contributed by atoms with Gasteiger partial charge in [-0.25, -0.2) is 5.48 Å². The second kappa shape index (κ2) is 8.43. The van der Waals surface area contributed by atoms with Crippen LogP contribution in [0.5, 0.6) is 0 Å². The fourth-order valence-electron chi connectivity index (χ4n) is 2.62. The van der Waals surface area contributed by atoms with Crippen molar-refractivity contribution in [3.05, 3.63) is 60.2 Å². The van der Waals surface area contributed by atoms with Gasteiger partial charge in [-0.1, -0.05) is 54.6 Å². The van der Waals surface area contributed by atoms with E-state index >= 15 is 0 Å². The Bertz CT molecular complexity index is 614. The van der Waals surface area contributed by atoms with Crippen LogP contribution in [0.1, 0.15) is 12.0 Å². The van der Waals surface area contributed by atoms with Crippen molar-refractivity contribution in [1.82, 2.24) is 10.4 Å². The van der Waals surface area contributed by atoms with Crippen molar-refractivity contribution >= 4 is 5.91 Å². The van der Waals surface area contributed by atoms with Crippen LogP contribution in [-0.4, -0.2) is 35.6 Å². The van der Waals surface area contributed by atoms with E-state index in [-0.39, 0.29) is 0 Å². The van der Waals surface area contributed by atoms with Crippen molar-refractivity contribution in [2.45, 2.75) is 19.0 Å². The van der Waals surface area contributed by atoms with E-state index in [0.29, 0.717) is 19.5 Å². The van der Waals surface area contributed by atoms with E-state index < -0.39 is 11.9 Å². The Morgan fingerprint density at radius 3 is 2.30 bits per heavy atom. The third-order valence-electron chi connectivity index (χ3n) is 3.88. The Labute approximate surface area is 136 Å². The summed E-state index contributed by atoms with van der Waals surface area (Å²) in [7, 11) is 1.85. The number of amides is 1. The van der Waals surface area contributed by atoms with E-state index in [1.807, 2.05) is 30.1 Å². The summed E-state index contributed by atoms with van der Waals surface area (Å²) < 4.78 is 0. The molecule has 1 unspecified atom stereocenters. The fraction of sp³-hybridized carbons (Fsp3) is 0.278. The van der Waals surface area contributed by atoms with Crippen LogP contribution in [0.15, 0.2) is 54.6 Å². The lowest BCUT2D eigenvalue weighted by molar-refractivity contribution is -0.134. The predicted octanol–water partition coefficient (Wildman–Crippen LogP) is 2.01. The van der Waals surface area contributed by atoms with Gasteiger partial charge in [-0.2, -0.15) is 0 Å². The first-order chi connectivity index (χ1) is 11.2. The molecule has 0 aliphatic heterocycles. The predicted molar refractivity (Wildman–Crippen MR) is 90.7 cm³/mol. The Kier molecular flexibility index (Phi) is 6.29. The molecule has 0 radical (unpaired) electrons. The molecule has 2 aromatic rings. The third kappa shape index (κ3) is 4.63. The summed E-state index contributed by atoms with van der Waals surface area (Å²) in [6, 6.07) is 18.0. The molecule has 0 spiro atoms. The van der Waals surface area contributed by atoms with Crippen molar-refractivity contribution in [2.75, 3.05) is 13.6 Å². The lowest BCUT2D eigenvalue weighted by Gasteiger charge is -2.26. The van der Waals surface area contributed by atoms with Crippen molar-refractivity contribution in [3.63, 3.8) is 0 Å². The molecule has 0 aliphatic carbocycles. The Balaban J connectivity index is 2.06. The standard InChI is InChI=1S/C18H23N3O2/c1-21(17(11-12-19)18(22)20-23)13-14-7-9-16(10-8-14)15-5-3-2-4-6-15/h2-10,17,23H,11-13,19H2,1H3,(H,20,22). The first kappa shape index (κ1) is 17.1. The zero-order valence-corrected chi connectivity index (χ0v) is 13.3. The number of nitrogens with one attached hydrogen (secondary N) is 1. The highest BCUT2D eigenvalue weighted by molar-refractivity contribution is 5.80. The molecule has 0 saturated heterocycles. The van der Waals surface area contributed by atoms with Gasteiger partial charge in [-0.05, 0) is 36.7 Å². The number of rotatable bonds is 7. The molecule has 0 fully saturated rings. The molecule has 0 aliphatic rings. The van der Waals surface area contributed by atoms with Crippen LogP contribution >= 0.6 is 0 Å². The smallest absolute Gasteiger partial charge is 0.260 e. The van der Waals surface area contributed by atoms with Crippen LogP contribution < -0.4 is 11.2 Å². The van der Waals surface area contributed by atoms with E-state index in [1.165, 1.54) is 5.56 Å². The molecule has 4 N–H and O–H groups in total. The van der Waals surface area contributed by atoms with E-state index in [4.69, 9.17) is 10.9 Å². The van der Waals surface area contributed by atoms with Gasteiger partial charge in [0.25, 0.3) is 5.91 Å². The van der Waals surface area contributed by atoms with Crippen LogP contribution in [0.4, 0.5) is 0 Å². The highest BCUT2D eigenvalue weighted by atomic mass is 16.5. The van der Waals surface area contributed by atoms with E-state index in [9.17, 15) is 4.79 Å². The summed E-state index contributed by atoms with van der Waals surface area (Å²) >= 11 is 0. The summed E-state index contributed by atoms with van der Waals surface area (Å²) in [6.07, 6.45) is 0.491. The van der Waals surface area contributed by atoms with Gasteiger partial charge < -0.3 is 5.73 Å². The first-order valence-corrected chi connectivity index (χ1v) is 7.64. The Hall–Kier alpha value is -2.21. The van der Waals surface area contributed by atoms with Gasteiger partial charge in [-0.15, -0.1) is 0 Å². The van der Waals surface area contributed by atoms with Gasteiger partial charge in [0, 0.05) is 6.54 Å². The number of likely N-dealkylation sites (N-methyl/N-ethyl adjacent to an activating group) is 1. The van der Waals surface area contributed by atoms with Crippen molar-refractivity contribution in [3.8, 4) is 11.1 Å². The zero-order chi connectivity index (χ0) is 16.7. The maximum absolute atomic E-state index is 11.7. The van der Waals surface area contributed by atoms with Gasteiger partial charge in [0.1, 0.15) is 0 Å². The van der Waals surface area contributed by atoms with Crippen molar-refractivity contribution in [1.29, 1.82) is 0 Å². The fourth-order valence-corrected chi connectivity index (χ4v) is 2.62. The van der Waals surface area contributed by atoms with Gasteiger partial charge in [-0.3, -0.25) is 14.9 Å². The minimum absolute atomic E-state index is 0.384. The van der Waals surface area contributed by atoms with E-state index in [1.54, 1.807) is 5.48 Å². The average Bonchev–Trinajstić information content (AvgIpc) is 2.60. The SMILES string of the molecule is CN(Cc1ccc(-c2ccccc2)cc1)C(CCN)C(=O)NO. The molecule has 0 aromatic heterocycles. The second-order valence-electron chi connectivity index (χ2n) is 5.55. The first-order valence-electron chi connectivity index (χ1n) is 7.64. The number of benzene rings is 2. The van der Waals surface area contributed by atoms with Gasteiger partial charge in [0.2, 0.25) is 0 Å². The number of carbonyl (C=O) groups is 1. The molecule has 1 atom stereocenters. The molecule has 0 bridgehead atoms. The molecule has 1 amide bonds. The number of hydrogen-bond acceptors (Lipinski definition) is 4. The lowest BCUT2D eigenvalue weighted by atomic mass is 10.0. The summed E-state index contributed by atoms with van der Waals surface area (Å²) in [5.74, 6) is -0.432. The molecule has 2 aromatic carbocycles. The molecule has 0 heterocycles. The molecular weight excluding hydrogens is 290 g/mol. The van der Waals surface area contributed by atoms with Crippen LogP contribution in [0.2, 0.25) is 0 Å². The molecule has 122 valence electrons. The third-order valence-corrected chi connectivity index (χ3v) is 3.88. The normalized spacial score (nSPS) is 12.2. The molecule has 5 nitrogen and oxygen atoms in total. The highest BCUT2D eigenvalue weighted by Gasteiger charge is 2.22. The minimum atomic E-state index is -0.446. The average molecular weight is 313 g/mol. The second-order valence-corrected chi connectivity index (χ2v) is 5.55. The topological polar surface area (TPSA) is 78.6 Å². The molecule has 0 saturated carbocycles. The number of hydrogen-bond donors (Lipinski definition) is 3. The molecule has 5 heteroatoms. The van der Waals surface area contributed by atoms with Crippen molar-refractivity contribution < 1.29 is 10.0 Å². The maximum Gasteiger partial charge on any atom is 0.260 e. The minimum Gasteiger partial charge on any atom is -0.330 e. The van der Waals surface area contributed by atoms with Crippen LogP contribution in [0, 0.1) is 0 Å². The molecular formula is C18H23N3O2. The van der Waals surface area contributed by atoms with Crippen LogP contribution in [-0.2, 0) is 11.3 Å². The monoisotopic (exact) mass is 313 g/mol. The summed E-state index contributed by atoms with van der Waals surface area (Å²) in [5, 5.41) is 8.84. The summed E-state index contributed by atoms with van der Waals surface area (Å²) in [5.41, 5.74) is 10.7. The van der Waals surface area contributed by atoms with Crippen LogP contribution in [0.25, 0.3) is 11.1 Å². The van der Waals surface area contributed by atoms with E-state index in [0.717, 1.165) is 11.1 Å². The lowest BCUT2D eigenvalue weighted by Crippen LogP contribution is -2.44. The maximum atomic E-state index is 11.7. The zero-order valence-electron chi connectivity index (χ0n) is 13.3. The number of nitrogens with two attached hydrogens (primary N) is 1. The van der Waals surface area contributed by atoms with Crippen molar-refractivity contribution in [2.24, 2.45) is 5.73 Å². The number of carbonyl (C=O) groups excluding carboxylic acids is 1. The van der Waals surface area contributed by atoms with Gasteiger partial charge >= 0.3 is 0 Å².